The molecule has 2 heteroatoms. The minimum atomic E-state index is 0.0441. The molecule has 0 bridgehead atoms. The van der Waals surface area contributed by atoms with Crippen LogP contribution in [-0.2, 0) is 17.3 Å². The van der Waals surface area contributed by atoms with Crippen LogP contribution in [0.25, 0.3) is 49.4 Å². The first-order valence-corrected chi connectivity index (χ1v) is 32.3. The summed E-state index contributed by atoms with van der Waals surface area (Å²) in [6.45, 7) is 35.3. The van der Waals surface area contributed by atoms with E-state index in [4.69, 9.17) is 11.6 Å². The lowest BCUT2D eigenvalue weighted by molar-refractivity contribution is 0.589. The van der Waals surface area contributed by atoms with Crippen molar-refractivity contribution < 1.29 is 0 Å². The van der Waals surface area contributed by atoms with Gasteiger partial charge in [0.25, 0.3) is 0 Å². The smallest absolute Gasteiger partial charge is 0.0781 e. The molecule has 0 spiro atoms. The van der Waals surface area contributed by atoms with Crippen molar-refractivity contribution in [3.8, 4) is 21.6 Å². The number of aliphatic imine (C=N–C) groups is 1. The molecule has 8 rings (SSSR count). The minimum absolute atomic E-state index is 0.0441. The van der Waals surface area contributed by atoms with Crippen molar-refractivity contribution in [2.45, 2.75) is 204 Å². The number of hydrogen-bond acceptors (Lipinski definition) is 2. The molecule has 2 aliphatic carbocycles. The summed E-state index contributed by atoms with van der Waals surface area (Å²) in [5, 5.41) is 0. The Morgan fingerprint density at radius 3 is 1.90 bits per heavy atom. The monoisotopic (exact) mass is 1100 g/mol. The predicted octanol–water partition coefficient (Wildman–Crippen LogP) is 24.7. The highest BCUT2D eigenvalue weighted by atomic mass is 32.1. The minimum Gasteiger partial charge on any atom is -0.247 e. The van der Waals surface area contributed by atoms with Gasteiger partial charge in [-0.15, -0.1) is 11.3 Å². The van der Waals surface area contributed by atoms with Gasteiger partial charge in [0.1, 0.15) is 0 Å². The molecule has 0 saturated carbocycles. The largest absolute Gasteiger partial charge is 0.247 e. The van der Waals surface area contributed by atoms with E-state index in [1.807, 2.05) is 11.3 Å². The quantitative estimate of drug-likeness (QED) is 0.0344. The Kier molecular flexibility index (Phi) is 21.3. The van der Waals surface area contributed by atoms with E-state index in [1.165, 1.54) is 149 Å². The van der Waals surface area contributed by atoms with Gasteiger partial charge in [-0.2, -0.15) is 0 Å². The van der Waals surface area contributed by atoms with E-state index >= 15 is 0 Å². The van der Waals surface area contributed by atoms with Crippen LogP contribution in [0, 0.1) is 20.8 Å². The number of thiophene rings is 1. The summed E-state index contributed by atoms with van der Waals surface area (Å²) in [6.07, 6.45) is 34.5. The predicted molar refractivity (Wildman–Crippen MR) is 366 cm³/mol. The standard InChI is InChI=1S/C80H97NS/c1-15-18-20-24-35-66(57(6)67-45-47-71(55(4)51-67)72-48-46-70(52-56(72)5)79(9,10)11)53-68(30-17-3)74-50-49-73(75-54-69(36-25-21-19-16-2)78(82-75)80(12,13)14)59(8)77(74)81-76(65-43-41-64(42-44-65)62-33-28-23-29-34-62)58(7)60-37-39-63(40-38-60)61-31-26-22-27-32-61/h23,26,28,31-33,37-54H,7,15-22,24-25,27,29-30,34-36H2,1-6,8-14H3/b66-57+,68-53+,81-76?. The third kappa shape index (κ3) is 15.3. The second kappa shape index (κ2) is 28.3. The van der Waals surface area contributed by atoms with E-state index in [2.05, 4.69) is 236 Å². The maximum atomic E-state index is 6.09. The van der Waals surface area contributed by atoms with E-state index in [9.17, 15) is 0 Å². The van der Waals surface area contributed by atoms with Crippen LogP contribution in [-0.4, -0.2) is 5.71 Å². The van der Waals surface area contributed by atoms with Crippen molar-refractivity contribution in [1.82, 2.24) is 0 Å². The molecule has 1 aromatic heterocycles. The number of unbranched alkanes of at least 4 members (excludes halogenated alkanes) is 6. The third-order valence-corrected chi connectivity index (χ3v) is 18.8. The molecule has 1 heterocycles. The highest BCUT2D eigenvalue weighted by Gasteiger charge is 2.25. The zero-order valence-corrected chi connectivity index (χ0v) is 53.5. The lowest BCUT2D eigenvalue weighted by atomic mass is 9.84. The SMILES string of the molecule is C=C(C(=Nc1c(/C(=C/C(CCCCCC)=C(\C)c2ccc(-c3ccc(C(C)(C)C)cc3C)c(C)c2)CCC)ccc(-c2cc(CCCCCC)c(C(C)(C)C)s2)c1C)c1ccc(C2=CC=CCC2)cc1)c1ccc(C2=CCCC=C2)cc1. The Morgan fingerprint density at radius 1 is 0.622 bits per heavy atom. The Hall–Kier alpha value is -6.35. The van der Waals surface area contributed by atoms with Gasteiger partial charge in [0, 0.05) is 26.5 Å². The van der Waals surface area contributed by atoms with Crippen molar-refractivity contribution in [3.63, 3.8) is 0 Å². The molecule has 0 atom stereocenters. The summed E-state index contributed by atoms with van der Waals surface area (Å²) in [5.41, 5.74) is 27.7. The first kappa shape index (κ1) is 61.7. The molecule has 0 aliphatic heterocycles. The van der Waals surface area contributed by atoms with Crippen molar-refractivity contribution in [3.05, 3.63) is 224 Å². The van der Waals surface area contributed by atoms with Crippen LogP contribution in [0.5, 0.6) is 0 Å². The molecule has 0 unspecified atom stereocenters. The van der Waals surface area contributed by atoms with Crippen LogP contribution in [0.15, 0.2) is 163 Å². The second-order valence-corrected chi connectivity index (χ2v) is 26.8. The van der Waals surface area contributed by atoms with E-state index in [1.54, 1.807) is 0 Å². The first-order valence-electron chi connectivity index (χ1n) is 31.5. The molecular weight excluding hydrogens is 1010 g/mol. The third-order valence-electron chi connectivity index (χ3n) is 17.1. The molecule has 2 aliphatic rings. The molecule has 0 N–H and O–H groups in total. The first-order chi connectivity index (χ1) is 39.4. The average molecular weight is 1100 g/mol. The zero-order chi connectivity index (χ0) is 58.6. The van der Waals surface area contributed by atoms with Gasteiger partial charge < -0.3 is 0 Å². The molecule has 1 nitrogen and oxygen atoms in total. The van der Waals surface area contributed by atoms with Gasteiger partial charge in [-0.05, 0) is 197 Å². The van der Waals surface area contributed by atoms with Gasteiger partial charge in [0.05, 0.1) is 11.4 Å². The molecule has 5 aromatic carbocycles. The molecule has 0 amide bonds. The van der Waals surface area contributed by atoms with Crippen LogP contribution in [0.1, 0.15) is 232 Å². The summed E-state index contributed by atoms with van der Waals surface area (Å²) in [6, 6.07) is 39.9. The molecule has 82 heavy (non-hydrogen) atoms. The van der Waals surface area contributed by atoms with Crippen LogP contribution < -0.4 is 0 Å². The number of rotatable bonds is 23. The molecular formula is C80H97NS. The maximum absolute atomic E-state index is 6.09. The summed E-state index contributed by atoms with van der Waals surface area (Å²) >= 11 is 2.00. The fourth-order valence-electron chi connectivity index (χ4n) is 12.1. The normalized spacial score (nSPS) is 14.5. The molecule has 0 radical (unpaired) electrons. The van der Waals surface area contributed by atoms with Gasteiger partial charge in [0.15, 0.2) is 0 Å². The summed E-state index contributed by atoms with van der Waals surface area (Å²) < 4.78 is 0. The van der Waals surface area contributed by atoms with Crippen LogP contribution in [0.4, 0.5) is 5.69 Å². The van der Waals surface area contributed by atoms with Crippen LogP contribution in [0.2, 0.25) is 0 Å². The topological polar surface area (TPSA) is 12.4 Å². The maximum Gasteiger partial charge on any atom is 0.0781 e. The fourth-order valence-corrected chi connectivity index (χ4v) is 13.5. The number of aryl methyl sites for hydroxylation is 3. The lowest BCUT2D eigenvalue weighted by Gasteiger charge is -2.21. The van der Waals surface area contributed by atoms with Gasteiger partial charge >= 0.3 is 0 Å². The summed E-state index contributed by atoms with van der Waals surface area (Å²) in [5.74, 6) is 0. The van der Waals surface area contributed by atoms with E-state index in [-0.39, 0.29) is 10.8 Å². The molecule has 428 valence electrons. The second-order valence-electron chi connectivity index (χ2n) is 25.7. The van der Waals surface area contributed by atoms with E-state index in [0.29, 0.717) is 0 Å². The lowest BCUT2D eigenvalue weighted by Crippen LogP contribution is -2.11. The van der Waals surface area contributed by atoms with E-state index < -0.39 is 0 Å². The van der Waals surface area contributed by atoms with Crippen LogP contribution in [0.3, 0.4) is 0 Å². The van der Waals surface area contributed by atoms with Crippen molar-refractivity contribution in [1.29, 1.82) is 0 Å². The molecule has 0 fully saturated rings. The number of benzene rings is 5. The van der Waals surface area contributed by atoms with Gasteiger partial charge in [-0.1, -0.05) is 253 Å². The Labute approximate surface area is 501 Å². The van der Waals surface area contributed by atoms with Crippen molar-refractivity contribution >= 4 is 50.6 Å². The van der Waals surface area contributed by atoms with Gasteiger partial charge in [-0.3, -0.25) is 0 Å². The van der Waals surface area contributed by atoms with Crippen molar-refractivity contribution in [2.75, 3.05) is 0 Å². The highest BCUT2D eigenvalue weighted by molar-refractivity contribution is 7.15. The summed E-state index contributed by atoms with van der Waals surface area (Å²) in [7, 11) is 0. The Morgan fingerprint density at radius 2 is 1.28 bits per heavy atom. The zero-order valence-electron chi connectivity index (χ0n) is 52.7. The number of allylic oxidation sites excluding steroid dienone is 13. The van der Waals surface area contributed by atoms with Gasteiger partial charge in [0.2, 0.25) is 0 Å². The highest BCUT2D eigenvalue weighted by Crippen LogP contribution is 2.46. The van der Waals surface area contributed by atoms with E-state index in [0.717, 1.165) is 85.9 Å². The fraction of sp³-hybridized carbons (Fsp3) is 0.388. The molecule has 0 saturated heterocycles. The van der Waals surface area contributed by atoms with Gasteiger partial charge in [-0.25, -0.2) is 4.99 Å². The summed E-state index contributed by atoms with van der Waals surface area (Å²) in [4.78, 5) is 8.93. The average Bonchev–Trinajstić information content (AvgIpc) is 3.98. The number of nitrogens with zero attached hydrogens (tertiary/aromatic N) is 1. The Bertz CT molecular complexity index is 3420. The molecule has 6 aromatic rings. The Balaban J connectivity index is 1.34. The van der Waals surface area contributed by atoms with Crippen molar-refractivity contribution in [2.24, 2.45) is 4.99 Å². The number of hydrogen-bond donors (Lipinski definition) is 0. The van der Waals surface area contributed by atoms with Crippen LogP contribution >= 0.6 is 11.3 Å².